The molecule has 0 radical (unpaired) electrons. The van der Waals surface area contributed by atoms with E-state index in [0.717, 1.165) is 35.6 Å². The minimum absolute atomic E-state index is 0.0917. The molecule has 0 aliphatic carbocycles. The van der Waals surface area contributed by atoms with Gasteiger partial charge in [0.05, 0.1) is 21.7 Å². The first-order chi connectivity index (χ1) is 17.7. The van der Waals surface area contributed by atoms with E-state index in [-0.39, 0.29) is 10.6 Å². The minimum Gasteiger partial charge on any atom is -0.328 e. The molecule has 196 valence electrons. The Bertz CT molecular complexity index is 1360. The number of hydrogen-bond acceptors (Lipinski definition) is 8. The van der Waals surface area contributed by atoms with E-state index in [0.29, 0.717) is 0 Å². The molecule has 0 amide bonds. The van der Waals surface area contributed by atoms with Crippen LogP contribution in [0.15, 0.2) is 54.7 Å². The monoisotopic (exact) mass is 515 g/mol. The highest BCUT2D eigenvalue weighted by Gasteiger charge is 2.17. The molecule has 0 unspecified atom stereocenters. The number of likely N-dealkylation sites (tertiary alicyclic amines) is 1. The van der Waals surface area contributed by atoms with Crippen molar-refractivity contribution in [3.8, 4) is 11.3 Å². The van der Waals surface area contributed by atoms with E-state index in [1.54, 1.807) is 12.1 Å². The lowest BCUT2D eigenvalue weighted by Crippen LogP contribution is -2.32. The second kappa shape index (κ2) is 12.3. The van der Waals surface area contributed by atoms with Crippen LogP contribution in [-0.4, -0.2) is 64.0 Å². The van der Waals surface area contributed by atoms with Gasteiger partial charge in [0.1, 0.15) is 0 Å². The Morgan fingerprint density at radius 1 is 0.811 bits per heavy atom. The fourth-order valence-corrected chi connectivity index (χ4v) is 4.28. The number of benzene rings is 2. The van der Waals surface area contributed by atoms with E-state index in [1.807, 2.05) is 12.3 Å². The molecule has 0 atom stereocenters. The van der Waals surface area contributed by atoms with Gasteiger partial charge in [0.25, 0.3) is 15.9 Å². The van der Waals surface area contributed by atoms with Gasteiger partial charge in [-0.2, -0.15) is 0 Å². The zero-order chi connectivity index (χ0) is 26.9. The maximum absolute atomic E-state index is 10.9. The molecule has 15 nitrogen and oxygen atoms in total. The quantitative estimate of drug-likeness (QED) is 0.292. The van der Waals surface area contributed by atoms with Crippen LogP contribution >= 0.6 is 0 Å². The van der Waals surface area contributed by atoms with E-state index >= 15 is 0 Å². The predicted molar refractivity (Wildman–Crippen MR) is 131 cm³/mol. The normalized spacial score (nSPS) is 13.3. The van der Waals surface area contributed by atoms with Crippen molar-refractivity contribution in [2.24, 2.45) is 0 Å². The molecule has 1 aliphatic heterocycles. The molecule has 37 heavy (non-hydrogen) atoms. The van der Waals surface area contributed by atoms with Gasteiger partial charge < -0.3 is 19.9 Å². The number of nitro benzene ring substituents is 1. The standard InChI is InChI=1S/C22H23N5O2.2HNO3/c28-27(29)18-10-8-17(9-11-18)19-16-26-21-7-3-2-6-20(21)25(22(26)23-19)15-14-24-12-4-1-5-13-24;2*2-1(3)4/h2-3,6-11,16H,1,4-5,12-15H2;2*(H,2,3,4). The van der Waals surface area contributed by atoms with Gasteiger partial charge in [0.2, 0.25) is 5.78 Å². The Balaban J connectivity index is 0.000000420. The van der Waals surface area contributed by atoms with Crippen LogP contribution in [0.25, 0.3) is 28.1 Å². The van der Waals surface area contributed by atoms with Gasteiger partial charge in [0.15, 0.2) is 0 Å². The first-order valence-electron chi connectivity index (χ1n) is 11.3. The van der Waals surface area contributed by atoms with Crippen LogP contribution in [0.5, 0.6) is 0 Å². The highest BCUT2D eigenvalue weighted by Crippen LogP contribution is 2.27. The molecule has 0 saturated carbocycles. The molecule has 1 saturated heterocycles. The van der Waals surface area contributed by atoms with Crippen molar-refractivity contribution in [3.63, 3.8) is 0 Å². The largest absolute Gasteiger partial charge is 0.328 e. The zero-order valence-electron chi connectivity index (χ0n) is 19.6. The number of rotatable bonds is 5. The van der Waals surface area contributed by atoms with Crippen molar-refractivity contribution in [1.82, 2.24) is 18.9 Å². The SMILES string of the molecule is O=[N+]([O-])O.O=[N+]([O-])O.O=[N+]([O-])c1ccc(-c2cn3c4ccccc4n(CCN4CCCCC4)c3n2)cc1. The summed E-state index contributed by atoms with van der Waals surface area (Å²) in [7, 11) is 0. The Morgan fingerprint density at radius 2 is 1.38 bits per heavy atom. The summed E-state index contributed by atoms with van der Waals surface area (Å²) in [5.74, 6) is 0.913. The summed E-state index contributed by atoms with van der Waals surface area (Å²) < 4.78 is 4.42. The molecular weight excluding hydrogens is 490 g/mol. The van der Waals surface area contributed by atoms with E-state index in [9.17, 15) is 10.1 Å². The molecule has 0 bridgehead atoms. The van der Waals surface area contributed by atoms with Crippen LogP contribution in [-0.2, 0) is 6.54 Å². The molecule has 1 fully saturated rings. The average molecular weight is 515 g/mol. The Morgan fingerprint density at radius 3 is 1.95 bits per heavy atom. The number of nitro groups is 1. The number of non-ortho nitro benzene ring substituents is 1. The zero-order valence-corrected chi connectivity index (χ0v) is 19.6. The topological polar surface area (TPSA) is 195 Å². The van der Waals surface area contributed by atoms with Crippen LogP contribution in [0.3, 0.4) is 0 Å². The second-order valence-corrected chi connectivity index (χ2v) is 8.12. The molecule has 3 heterocycles. The summed E-state index contributed by atoms with van der Waals surface area (Å²) in [6.45, 7) is 4.28. The molecule has 5 rings (SSSR count). The van der Waals surface area contributed by atoms with Crippen LogP contribution in [0, 0.1) is 30.3 Å². The smallest absolute Gasteiger partial charge is 0.291 e. The highest BCUT2D eigenvalue weighted by atomic mass is 16.9. The number of para-hydroxylation sites is 2. The lowest BCUT2D eigenvalue weighted by Gasteiger charge is -2.26. The number of imidazole rings is 2. The Labute approximate surface area is 209 Å². The third-order valence-electron chi connectivity index (χ3n) is 5.82. The summed E-state index contributed by atoms with van der Waals surface area (Å²) in [4.78, 5) is 34.7. The van der Waals surface area contributed by atoms with E-state index in [4.69, 9.17) is 35.6 Å². The first kappa shape index (κ1) is 26.8. The van der Waals surface area contributed by atoms with Crippen molar-refractivity contribution in [3.05, 3.63) is 85.1 Å². The number of piperidine rings is 1. The third-order valence-corrected chi connectivity index (χ3v) is 5.82. The molecule has 2 aromatic carbocycles. The van der Waals surface area contributed by atoms with Crippen LogP contribution in [0.1, 0.15) is 19.3 Å². The van der Waals surface area contributed by atoms with Gasteiger partial charge >= 0.3 is 0 Å². The van der Waals surface area contributed by atoms with Crippen molar-refractivity contribution in [2.75, 3.05) is 19.6 Å². The Hall–Kier alpha value is -4.79. The summed E-state index contributed by atoms with van der Waals surface area (Å²) in [6, 6.07) is 15.0. The molecule has 2 aromatic heterocycles. The maximum Gasteiger partial charge on any atom is 0.291 e. The third kappa shape index (κ3) is 7.11. The number of fused-ring (bicyclic) bond motifs is 3. The summed E-state index contributed by atoms with van der Waals surface area (Å²) in [5.41, 5.74) is 4.11. The highest BCUT2D eigenvalue weighted by molar-refractivity contribution is 5.82. The average Bonchev–Trinajstić information content (AvgIpc) is 3.41. The van der Waals surface area contributed by atoms with E-state index in [2.05, 4.69) is 32.1 Å². The number of nitrogens with zero attached hydrogens (tertiary/aromatic N) is 7. The van der Waals surface area contributed by atoms with Gasteiger partial charge in [-0.3, -0.25) is 14.5 Å². The van der Waals surface area contributed by atoms with E-state index < -0.39 is 10.2 Å². The lowest BCUT2D eigenvalue weighted by molar-refractivity contribution is -0.742. The van der Waals surface area contributed by atoms with Crippen LogP contribution < -0.4 is 0 Å². The first-order valence-corrected chi connectivity index (χ1v) is 11.3. The van der Waals surface area contributed by atoms with Gasteiger partial charge in [0, 0.05) is 37.0 Å². The van der Waals surface area contributed by atoms with Crippen molar-refractivity contribution >= 4 is 22.5 Å². The second-order valence-electron chi connectivity index (χ2n) is 8.12. The van der Waals surface area contributed by atoms with Gasteiger partial charge in [-0.25, -0.2) is 4.98 Å². The van der Waals surface area contributed by atoms with Gasteiger partial charge in [-0.1, -0.05) is 18.6 Å². The molecule has 2 N–H and O–H groups in total. The molecular formula is C22H25N7O8. The van der Waals surface area contributed by atoms with Crippen molar-refractivity contribution in [2.45, 2.75) is 25.8 Å². The summed E-state index contributed by atoms with van der Waals surface area (Å²) in [6.07, 6.45) is 5.94. The molecule has 4 aromatic rings. The summed E-state index contributed by atoms with van der Waals surface area (Å²) in [5, 5.41) is 38.2. The Kier molecular flexibility index (Phi) is 8.88. The maximum atomic E-state index is 10.9. The molecule has 15 heteroatoms. The minimum atomic E-state index is -1.50. The van der Waals surface area contributed by atoms with E-state index in [1.165, 1.54) is 50.0 Å². The fraction of sp³-hybridized carbons (Fsp3) is 0.318. The predicted octanol–water partition coefficient (Wildman–Crippen LogP) is 3.65. The van der Waals surface area contributed by atoms with Crippen LogP contribution in [0.4, 0.5) is 5.69 Å². The lowest BCUT2D eigenvalue weighted by atomic mass is 10.1. The van der Waals surface area contributed by atoms with Gasteiger partial charge in [-0.15, -0.1) is 20.2 Å². The van der Waals surface area contributed by atoms with Crippen LogP contribution in [0.2, 0.25) is 0 Å². The molecule has 0 spiro atoms. The number of aromatic nitrogens is 3. The van der Waals surface area contributed by atoms with Crippen molar-refractivity contribution in [1.29, 1.82) is 0 Å². The molecule has 1 aliphatic rings. The summed E-state index contributed by atoms with van der Waals surface area (Å²) >= 11 is 0. The fourth-order valence-electron chi connectivity index (χ4n) is 4.28. The number of hydrogen-bond donors (Lipinski definition) is 2. The van der Waals surface area contributed by atoms with Gasteiger partial charge in [-0.05, 0) is 50.2 Å². The van der Waals surface area contributed by atoms with Crippen molar-refractivity contribution < 1.29 is 25.5 Å².